The molecule has 2 heterocycles. The van der Waals surface area contributed by atoms with Crippen LogP contribution in [0.15, 0.2) is 81.6 Å². The fraction of sp³-hybridized carbons (Fsp3) is 0.0357. The molecule has 190 valence electrons. The van der Waals surface area contributed by atoms with E-state index in [4.69, 9.17) is 44.3 Å². The Balaban J connectivity index is 1.20. The monoisotopic (exact) mass is 563 g/mol. The number of aromatic hydroxyl groups is 1. The number of phenolic OH excluding ortho intramolecular Hbond substituents is 1. The first-order chi connectivity index (χ1) is 18.2. The molecule has 0 aliphatic carbocycles. The first-order valence-corrected chi connectivity index (χ1v) is 12.5. The molecule has 5 aromatic rings. The van der Waals surface area contributed by atoms with Crippen molar-refractivity contribution in [3.63, 3.8) is 0 Å². The number of rotatable bonds is 5. The summed E-state index contributed by atoms with van der Waals surface area (Å²) in [5, 5.41) is 17.0. The lowest BCUT2D eigenvalue weighted by atomic mass is 10.2. The molecule has 0 saturated heterocycles. The molecule has 0 aliphatic heterocycles. The summed E-state index contributed by atoms with van der Waals surface area (Å²) in [6, 6.07) is 19.1. The standard InChI is InChI=1S/C28H19Cl2N3O4S/c1-15-2-7-22-25(10-15)37-27(32-22)21-6-3-19(14-23(21)34)31-28(38)33-26(35)9-5-20-4-8-24(36-20)16-11-17(29)13-18(30)12-16/h2-14,34H,1H3,(H2,31,33,35,38)/b9-5+. The highest BCUT2D eigenvalue weighted by Gasteiger charge is 2.14. The Hall–Kier alpha value is -4.11. The minimum atomic E-state index is -0.464. The van der Waals surface area contributed by atoms with Crippen molar-refractivity contribution in [2.24, 2.45) is 0 Å². The molecule has 7 nitrogen and oxygen atoms in total. The third-order valence-corrected chi connectivity index (χ3v) is 6.08. The van der Waals surface area contributed by atoms with E-state index < -0.39 is 5.91 Å². The van der Waals surface area contributed by atoms with Gasteiger partial charge in [0.25, 0.3) is 0 Å². The van der Waals surface area contributed by atoms with Gasteiger partial charge in [-0.25, -0.2) is 4.98 Å². The number of phenols is 1. The second-order valence-electron chi connectivity index (χ2n) is 8.36. The molecule has 2 aromatic heterocycles. The van der Waals surface area contributed by atoms with Crippen molar-refractivity contribution >= 4 is 69.3 Å². The highest BCUT2D eigenvalue weighted by atomic mass is 35.5. The van der Waals surface area contributed by atoms with E-state index in [2.05, 4.69) is 15.6 Å². The maximum atomic E-state index is 12.3. The molecule has 3 N–H and O–H groups in total. The number of aryl methyl sites for hydroxylation is 1. The van der Waals surface area contributed by atoms with Crippen LogP contribution in [0, 0.1) is 6.92 Å². The second-order valence-corrected chi connectivity index (χ2v) is 9.64. The third-order valence-electron chi connectivity index (χ3n) is 5.44. The minimum Gasteiger partial charge on any atom is -0.507 e. The van der Waals surface area contributed by atoms with Crippen molar-refractivity contribution in [2.75, 3.05) is 5.32 Å². The third kappa shape index (κ3) is 5.89. The van der Waals surface area contributed by atoms with Crippen LogP contribution in [0.2, 0.25) is 10.0 Å². The van der Waals surface area contributed by atoms with Crippen molar-refractivity contribution in [1.82, 2.24) is 10.3 Å². The average Bonchev–Trinajstić information content (AvgIpc) is 3.49. The number of nitrogens with one attached hydrogen (secondary N) is 2. The molecule has 5 rings (SSSR count). The van der Waals surface area contributed by atoms with Gasteiger partial charge in [-0.15, -0.1) is 0 Å². The Morgan fingerprint density at radius 2 is 1.79 bits per heavy atom. The summed E-state index contributed by atoms with van der Waals surface area (Å²) < 4.78 is 11.5. The molecule has 0 bridgehead atoms. The largest absolute Gasteiger partial charge is 0.507 e. The maximum absolute atomic E-state index is 12.3. The molecule has 3 aromatic carbocycles. The highest BCUT2D eigenvalue weighted by Crippen LogP contribution is 2.33. The summed E-state index contributed by atoms with van der Waals surface area (Å²) in [5.41, 5.74) is 4.01. The van der Waals surface area contributed by atoms with Crippen LogP contribution in [0.25, 0.3) is 40.0 Å². The topological polar surface area (TPSA) is 101 Å². The van der Waals surface area contributed by atoms with Gasteiger partial charge in [0.2, 0.25) is 11.8 Å². The first-order valence-electron chi connectivity index (χ1n) is 11.3. The number of furan rings is 1. The molecule has 38 heavy (non-hydrogen) atoms. The lowest BCUT2D eigenvalue weighted by Gasteiger charge is -2.09. The lowest BCUT2D eigenvalue weighted by molar-refractivity contribution is -0.115. The van der Waals surface area contributed by atoms with Crippen LogP contribution in [-0.2, 0) is 4.79 Å². The van der Waals surface area contributed by atoms with Gasteiger partial charge in [-0.3, -0.25) is 10.1 Å². The summed E-state index contributed by atoms with van der Waals surface area (Å²) in [7, 11) is 0. The van der Waals surface area contributed by atoms with Crippen LogP contribution in [0.4, 0.5) is 5.69 Å². The number of halogens is 2. The Bertz CT molecular complexity index is 1700. The van der Waals surface area contributed by atoms with Gasteiger partial charge in [-0.1, -0.05) is 29.3 Å². The van der Waals surface area contributed by atoms with Crippen LogP contribution in [-0.4, -0.2) is 21.1 Å². The molecule has 1 amide bonds. The number of benzene rings is 3. The summed E-state index contributed by atoms with van der Waals surface area (Å²) in [6.45, 7) is 1.96. The van der Waals surface area contributed by atoms with Gasteiger partial charge in [0, 0.05) is 33.4 Å². The Morgan fingerprint density at radius 1 is 1.00 bits per heavy atom. The normalized spacial score (nSPS) is 11.2. The van der Waals surface area contributed by atoms with Gasteiger partial charge in [0.1, 0.15) is 22.8 Å². The van der Waals surface area contributed by atoms with Crippen molar-refractivity contribution in [2.45, 2.75) is 6.92 Å². The van der Waals surface area contributed by atoms with E-state index in [-0.39, 0.29) is 10.9 Å². The summed E-state index contributed by atoms with van der Waals surface area (Å²) in [4.78, 5) is 16.8. The van der Waals surface area contributed by atoms with E-state index in [1.165, 1.54) is 18.2 Å². The quantitative estimate of drug-likeness (QED) is 0.149. The molecule has 0 fully saturated rings. The van der Waals surface area contributed by atoms with Crippen molar-refractivity contribution in [3.05, 3.63) is 94.2 Å². The van der Waals surface area contributed by atoms with Crippen molar-refractivity contribution in [1.29, 1.82) is 0 Å². The smallest absolute Gasteiger partial charge is 0.250 e. The number of carbonyl (C=O) groups excluding carboxylic acids is 1. The molecule has 10 heteroatoms. The van der Waals surface area contributed by atoms with E-state index in [1.807, 2.05) is 25.1 Å². The van der Waals surface area contributed by atoms with E-state index in [0.29, 0.717) is 49.8 Å². The second kappa shape index (κ2) is 10.7. The molecule has 0 spiro atoms. The molecule has 0 saturated carbocycles. The number of carbonyl (C=O) groups is 1. The van der Waals surface area contributed by atoms with Gasteiger partial charge in [-0.05, 0) is 85.4 Å². The van der Waals surface area contributed by atoms with Crippen LogP contribution in [0.1, 0.15) is 11.3 Å². The number of oxazole rings is 1. The average molecular weight is 564 g/mol. The lowest BCUT2D eigenvalue weighted by Crippen LogP contribution is -2.32. The number of thiocarbonyl (C=S) groups is 1. The zero-order valence-electron chi connectivity index (χ0n) is 19.8. The summed E-state index contributed by atoms with van der Waals surface area (Å²) >= 11 is 17.3. The molecule has 0 atom stereocenters. The number of anilines is 1. The number of amides is 1. The molecule has 0 unspecified atom stereocenters. The molecule has 0 aliphatic rings. The molecular formula is C28H19Cl2N3O4S. The zero-order chi connectivity index (χ0) is 26.8. The summed E-state index contributed by atoms with van der Waals surface area (Å²) in [6.07, 6.45) is 2.80. The minimum absolute atomic E-state index is 0.0536. The number of fused-ring (bicyclic) bond motifs is 1. The predicted molar refractivity (Wildman–Crippen MR) is 153 cm³/mol. The van der Waals surface area contributed by atoms with Crippen LogP contribution >= 0.6 is 35.4 Å². The maximum Gasteiger partial charge on any atom is 0.250 e. The van der Waals surface area contributed by atoms with E-state index in [1.54, 1.807) is 42.5 Å². The van der Waals surface area contributed by atoms with Crippen LogP contribution < -0.4 is 10.6 Å². The van der Waals surface area contributed by atoms with Crippen molar-refractivity contribution in [3.8, 4) is 28.5 Å². The highest BCUT2D eigenvalue weighted by molar-refractivity contribution is 7.80. The van der Waals surface area contributed by atoms with Crippen molar-refractivity contribution < 1.29 is 18.7 Å². The Kier molecular flexibility index (Phi) is 7.20. The van der Waals surface area contributed by atoms with Crippen LogP contribution in [0.3, 0.4) is 0 Å². The molecule has 0 radical (unpaired) electrons. The molecular weight excluding hydrogens is 545 g/mol. The van der Waals surface area contributed by atoms with E-state index in [9.17, 15) is 9.90 Å². The number of aromatic nitrogens is 1. The SMILES string of the molecule is Cc1ccc2nc(-c3ccc(NC(=S)NC(=O)/C=C/c4ccc(-c5cc(Cl)cc(Cl)c5)o4)cc3O)oc2c1. The van der Waals surface area contributed by atoms with E-state index in [0.717, 1.165) is 11.1 Å². The summed E-state index contributed by atoms with van der Waals surface area (Å²) in [5.74, 6) is 0.800. The van der Waals surface area contributed by atoms with Gasteiger partial charge in [0.15, 0.2) is 10.7 Å². The van der Waals surface area contributed by atoms with Gasteiger partial charge in [-0.2, -0.15) is 0 Å². The first kappa shape index (κ1) is 25.5. The Morgan fingerprint density at radius 3 is 2.55 bits per heavy atom. The van der Waals surface area contributed by atoms with Gasteiger partial charge < -0.3 is 19.3 Å². The Labute approximate surface area is 232 Å². The van der Waals surface area contributed by atoms with Crippen LogP contribution in [0.5, 0.6) is 5.75 Å². The van der Waals surface area contributed by atoms with Gasteiger partial charge in [0.05, 0.1) is 5.56 Å². The predicted octanol–water partition coefficient (Wildman–Crippen LogP) is 7.60. The fourth-order valence-corrected chi connectivity index (χ4v) is 4.45. The van der Waals surface area contributed by atoms with E-state index >= 15 is 0 Å². The zero-order valence-corrected chi connectivity index (χ0v) is 22.1. The number of hydrogen-bond donors (Lipinski definition) is 3. The van der Waals surface area contributed by atoms with Gasteiger partial charge >= 0.3 is 0 Å². The fourth-order valence-electron chi connectivity index (χ4n) is 3.70. The number of hydrogen-bond acceptors (Lipinski definition) is 6. The number of nitrogens with zero attached hydrogens (tertiary/aromatic N) is 1.